The maximum Gasteiger partial charge on any atom is 0.150 e. The summed E-state index contributed by atoms with van der Waals surface area (Å²) in [6.45, 7) is 13.3. The Morgan fingerprint density at radius 1 is 0.690 bits per heavy atom. The number of fused-ring (bicyclic) bond motifs is 5. The van der Waals surface area contributed by atoms with E-state index in [1.807, 2.05) is 12.1 Å². The van der Waals surface area contributed by atoms with Crippen LogP contribution in [0.4, 0.5) is 0 Å². The maximum atomic E-state index is 16.3. The Balaban J connectivity index is 1.02. The van der Waals surface area contributed by atoms with Crippen LogP contribution in [0.2, 0.25) is 0 Å². The molecule has 1 unspecified atom stereocenters. The molecule has 58 heavy (non-hydrogen) atoms. The third kappa shape index (κ3) is 8.18. The molecule has 0 aliphatic heterocycles. The van der Waals surface area contributed by atoms with E-state index < -0.39 is 15.1 Å². The lowest BCUT2D eigenvalue weighted by molar-refractivity contribution is -0.0639. The molecule has 0 spiro atoms. The van der Waals surface area contributed by atoms with Crippen molar-refractivity contribution in [3.63, 3.8) is 0 Å². The molecule has 2 nitrogen and oxygen atoms in total. The number of rotatable bonds is 15. The van der Waals surface area contributed by atoms with Crippen LogP contribution in [0.3, 0.4) is 0 Å². The highest BCUT2D eigenvalue weighted by atomic mass is 31.2. The van der Waals surface area contributed by atoms with Crippen LogP contribution in [0.25, 0.3) is 0 Å². The average Bonchev–Trinajstić information content (AvgIpc) is 3.61. The van der Waals surface area contributed by atoms with Crippen LogP contribution < -0.4 is 21.2 Å². The Bertz CT molecular complexity index is 1910. The van der Waals surface area contributed by atoms with Gasteiger partial charge in [0, 0.05) is 17.2 Å². The van der Waals surface area contributed by atoms with Gasteiger partial charge in [0.25, 0.3) is 0 Å². The molecule has 0 amide bonds. The summed E-state index contributed by atoms with van der Waals surface area (Å²) in [5.74, 6) is 5.13. The number of hydrogen-bond donors (Lipinski definition) is 0. The largest absolute Gasteiger partial charge is 0.378 e. The van der Waals surface area contributed by atoms with Gasteiger partial charge in [0.1, 0.15) is 0 Å². The second-order valence-corrected chi connectivity index (χ2v) is 25.4. The molecule has 4 heteroatoms. The molecular formula is C54H70O2P2. The predicted molar refractivity (Wildman–Crippen MR) is 250 cm³/mol. The zero-order valence-electron chi connectivity index (χ0n) is 36.1. The van der Waals surface area contributed by atoms with Crippen molar-refractivity contribution in [1.29, 1.82) is 0 Å². The molecule has 4 aromatic rings. The lowest BCUT2D eigenvalue weighted by atomic mass is 9.47. The van der Waals surface area contributed by atoms with Crippen LogP contribution >= 0.6 is 15.1 Å². The minimum Gasteiger partial charge on any atom is -0.378 e. The van der Waals surface area contributed by atoms with E-state index in [0.717, 1.165) is 65.4 Å². The molecule has 4 aliphatic rings. The van der Waals surface area contributed by atoms with Crippen molar-refractivity contribution >= 4 is 36.3 Å². The first-order valence-corrected chi connectivity index (χ1v) is 26.2. The number of allylic oxidation sites excluding steroid dienone is 1. The second-order valence-electron chi connectivity index (χ2n) is 19.7. The molecule has 0 saturated heterocycles. The number of ether oxygens (including phenoxy) is 1. The Kier molecular flexibility index (Phi) is 13.1. The molecule has 8 rings (SSSR count). The standard InChI is InChI=1S/C54H70O2P2/c1-40(2)19-18-20-41(3)49-31-32-50-48-30-29-42-39-43(33-36-53(42,4)51(48)34-37-54(49,50)5)56-38-35-52(57(44-21-10-6-11-22-44)45-23-12-7-13-24-45)58(55,46-25-14-8-15-26-46)47-27-16-9-17-28-47/h6-17,21-29,40-41,43,48-52H,18-20,30-39H2,1-5H3/t41-,43+,48+,49-,50+,51+,52?,53+,54-/m1/s1. The maximum absolute atomic E-state index is 16.3. The van der Waals surface area contributed by atoms with Crippen LogP contribution in [0.5, 0.6) is 0 Å². The van der Waals surface area contributed by atoms with Crippen molar-refractivity contribution in [3.8, 4) is 0 Å². The van der Waals surface area contributed by atoms with Gasteiger partial charge in [-0.15, -0.1) is 0 Å². The summed E-state index contributed by atoms with van der Waals surface area (Å²) in [6.07, 6.45) is 18.3. The highest BCUT2D eigenvalue weighted by molar-refractivity contribution is 7.92. The predicted octanol–water partition coefficient (Wildman–Crippen LogP) is 13.3. The molecule has 308 valence electrons. The summed E-state index contributed by atoms with van der Waals surface area (Å²) >= 11 is 0. The molecule has 4 aliphatic carbocycles. The van der Waals surface area contributed by atoms with Gasteiger partial charge in [-0.3, -0.25) is 0 Å². The fourth-order valence-corrected chi connectivity index (χ4v) is 21.0. The van der Waals surface area contributed by atoms with Gasteiger partial charge in [-0.2, -0.15) is 0 Å². The van der Waals surface area contributed by atoms with Crippen LogP contribution in [0, 0.1) is 46.3 Å². The van der Waals surface area contributed by atoms with Gasteiger partial charge in [-0.05, 0) is 123 Å². The zero-order valence-corrected chi connectivity index (χ0v) is 37.9. The van der Waals surface area contributed by atoms with E-state index in [4.69, 9.17) is 4.74 Å². The quantitative estimate of drug-likeness (QED) is 0.0883. The highest BCUT2D eigenvalue weighted by Crippen LogP contribution is 2.68. The first-order valence-electron chi connectivity index (χ1n) is 23.0. The smallest absolute Gasteiger partial charge is 0.150 e. The van der Waals surface area contributed by atoms with Gasteiger partial charge >= 0.3 is 0 Å². The molecule has 3 fully saturated rings. The van der Waals surface area contributed by atoms with E-state index in [9.17, 15) is 0 Å². The van der Waals surface area contributed by atoms with Gasteiger partial charge in [0.05, 0.1) is 11.5 Å². The van der Waals surface area contributed by atoms with E-state index in [-0.39, 0.29) is 11.5 Å². The molecule has 0 heterocycles. The van der Waals surface area contributed by atoms with Gasteiger partial charge in [-0.1, -0.05) is 187 Å². The van der Waals surface area contributed by atoms with E-state index in [2.05, 4.69) is 150 Å². The van der Waals surface area contributed by atoms with E-state index in [1.165, 1.54) is 68.4 Å². The summed E-state index contributed by atoms with van der Waals surface area (Å²) in [6, 6.07) is 42.5. The summed E-state index contributed by atoms with van der Waals surface area (Å²) in [7, 11) is -4.13. The number of benzene rings is 4. The first kappa shape index (κ1) is 42.0. The fourth-order valence-electron chi connectivity index (χ4n) is 13.1. The van der Waals surface area contributed by atoms with Gasteiger partial charge in [0.15, 0.2) is 7.14 Å². The summed E-state index contributed by atoms with van der Waals surface area (Å²) in [5.41, 5.74) is 2.52. The third-order valence-electron chi connectivity index (χ3n) is 16.1. The van der Waals surface area contributed by atoms with Crippen molar-refractivity contribution in [2.75, 3.05) is 6.61 Å². The normalized spacial score (nSPS) is 29.3. The van der Waals surface area contributed by atoms with Crippen molar-refractivity contribution in [2.45, 2.75) is 123 Å². The van der Waals surface area contributed by atoms with Crippen LogP contribution in [0.1, 0.15) is 112 Å². The monoisotopic (exact) mass is 812 g/mol. The third-order valence-corrected chi connectivity index (χ3v) is 23.5. The molecular weight excluding hydrogens is 743 g/mol. The highest BCUT2D eigenvalue weighted by Gasteiger charge is 2.59. The second kappa shape index (κ2) is 18.1. The van der Waals surface area contributed by atoms with Crippen LogP contribution in [-0.2, 0) is 9.30 Å². The summed E-state index contributed by atoms with van der Waals surface area (Å²) in [4.78, 5) is 0. The van der Waals surface area contributed by atoms with Gasteiger partial charge in [0.2, 0.25) is 0 Å². The Labute approximate surface area is 353 Å². The van der Waals surface area contributed by atoms with Crippen molar-refractivity contribution < 1.29 is 9.30 Å². The molecule has 3 saturated carbocycles. The minimum atomic E-state index is -3.14. The minimum absolute atomic E-state index is 0.120. The van der Waals surface area contributed by atoms with Gasteiger partial charge < -0.3 is 9.30 Å². The number of hydrogen-bond acceptors (Lipinski definition) is 2. The van der Waals surface area contributed by atoms with Crippen molar-refractivity contribution in [2.24, 2.45) is 46.3 Å². The van der Waals surface area contributed by atoms with Gasteiger partial charge in [-0.25, -0.2) is 0 Å². The Morgan fingerprint density at radius 3 is 1.86 bits per heavy atom. The van der Waals surface area contributed by atoms with E-state index in [0.29, 0.717) is 17.4 Å². The molecule has 9 atom stereocenters. The Hall–Kier alpha value is -2.76. The molecule has 0 aromatic heterocycles. The zero-order chi connectivity index (χ0) is 40.3. The first-order chi connectivity index (χ1) is 28.1. The summed E-state index contributed by atoms with van der Waals surface area (Å²) in [5, 5.41) is 4.31. The molecule has 0 bridgehead atoms. The fraction of sp³-hybridized carbons (Fsp3) is 0.519. The topological polar surface area (TPSA) is 26.3 Å². The van der Waals surface area contributed by atoms with Crippen LogP contribution in [0.15, 0.2) is 133 Å². The molecule has 0 radical (unpaired) electrons. The van der Waals surface area contributed by atoms with Crippen molar-refractivity contribution in [1.82, 2.24) is 0 Å². The SMILES string of the molecule is CC(C)CCC[C@@H](C)[C@H]1CC[C@H]2[C@@H]3CC=C4C[C@@H](OCCC(P(c5ccccc5)c5ccccc5)P(=O)(c5ccccc5)c5ccccc5)CC[C@]4(C)[C@H]3CC[C@]12C. The van der Waals surface area contributed by atoms with Crippen LogP contribution in [-0.4, -0.2) is 18.1 Å². The summed E-state index contributed by atoms with van der Waals surface area (Å²) < 4.78 is 23.4. The average molecular weight is 813 g/mol. The lowest BCUT2D eigenvalue weighted by Crippen LogP contribution is -2.51. The van der Waals surface area contributed by atoms with E-state index >= 15 is 4.57 Å². The van der Waals surface area contributed by atoms with Crippen molar-refractivity contribution in [3.05, 3.63) is 133 Å². The molecule has 4 aromatic carbocycles. The Morgan fingerprint density at radius 2 is 1.28 bits per heavy atom. The molecule has 0 N–H and O–H groups in total. The van der Waals surface area contributed by atoms with E-state index in [1.54, 1.807) is 5.57 Å². The lowest BCUT2D eigenvalue weighted by Gasteiger charge is -2.58.